The van der Waals surface area contributed by atoms with E-state index in [1.54, 1.807) is 6.07 Å². The van der Waals surface area contributed by atoms with Crippen LogP contribution in [-0.2, 0) is 4.74 Å². The number of nitrogens with zero attached hydrogens (tertiary/aromatic N) is 1. The van der Waals surface area contributed by atoms with Crippen molar-refractivity contribution < 1.29 is 9.53 Å². The Morgan fingerprint density at radius 2 is 2.18 bits per heavy atom. The van der Waals surface area contributed by atoms with E-state index >= 15 is 0 Å². The van der Waals surface area contributed by atoms with Gasteiger partial charge in [-0.2, -0.15) is 0 Å². The zero-order chi connectivity index (χ0) is 12.0. The van der Waals surface area contributed by atoms with E-state index in [1.165, 1.54) is 0 Å². The van der Waals surface area contributed by atoms with Crippen LogP contribution in [-0.4, -0.2) is 30.1 Å². The second kappa shape index (κ2) is 4.20. The van der Waals surface area contributed by atoms with E-state index in [2.05, 4.69) is 32.9 Å². The number of aryl methyl sites for hydroxylation is 1. The van der Waals surface area contributed by atoms with Gasteiger partial charge in [-0.05, 0) is 41.6 Å². The van der Waals surface area contributed by atoms with E-state index in [0.29, 0.717) is 23.6 Å². The fourth-order valence-corrected chi connectivity index (χ4v) is 2.65. The molecule has 1 amide bonds. The minimum absolute atomic E-state index is 0.0658. The Labute approximate surface area is 113 Å². The van der Waals surface area contributed by atoms with E-state index in [4.69, 9.17) is 4.74 Å². The van der Waals surface area contributed by atoms with E-state index < -0.39 is 0 Å². The van der Waals surface area contributed by atoms with Gasteiger partial charge < -0.3 is 10.1 Å². The third-order valence-electron chi connectivity index (χ3n) is 3.50. The molecule has 3 rings (SSSR count). The van der Waals surface area contributed by atoms with Crippen LogP contribution in [0.4, 0.5) is 0 Å². The number of carbonyl (C=O) groups is 1. The molecule has 5 heteroatoms. The smallest absolute Gasteiger partial charge is 0.270 e. The molecule has 0 bridgehead atoms. The Hall–Kier alpha value is -0.690. The van der Waals surface area contributed by atoms with Crippen LogP contribution in [0.1, 0.15) is 16.2 Å². The fourth-order valence-electron chi connectivity index (χ4n) is 2.35. The zero-order valence-corrected chi connectivity index (χ0v) is 11.6. The molecule has 0 unspecified atom stereocenters. The molecule has 0 radical (unpaired) electrons. The average molecular weight is 344 g/mol. The number of fused-ring (bicyclic) bond motifs is 1. The first-order chi connectivity index (χ1) is 8.16. The van der Waals surface area contributed by atoms with Gasteiger partial charge >= 0.3 is 0 Å². The van der Waals surface area contributed by atoms with Gasteiger partial charge in [0.2, 0.25) is 0 Å². The summed E-state index contributed by atoms with van der Waals surface area (Å²) in [7, 11) is 0. The summed E-state index contributed by atoms with van der Waals surface area (Å²) in [5.41, 5.74) is 1.41. The Kier molecular flexibility index (Phi) is 2.82. The van der Waals surface area contributed by atoms with Gasteiger partial charge in [0, 0.05) is 21.4 Å². The number of pyridine rings is 1. The molecule has 0 aromatic carbocycles. The molecule has 1 aromatic rings. The topological polar surface area (TPSA) is 51.2 Å². The van der Waals surface area contributed by atoms with Gasteiger partial charge in [-0.25, -0.2) is 4.98 Å². The monoisotopic (exact) mass is 344 g/mol. The van der Waals surface area contributed by atoms with Gasteiger partial charge in [-0.15, -0.1) is 0 Å². The van der Waals surface area contributed by atoms with Crippen molar-refractivity contribution in [3.63, 3.8) is 0 Å². The highest BCUT2D eigenvalue weighted by Gasteiger charge is 2.54. The van der Waals surface area contributed by atoms with Crippen molar-refractivity contribution in [1.82, 2.24) is 10.3 Å². The molecule has 2 heterocycles. The second-order valence-corrected chi connectivity index (χ2v) is 5.79. The molecule has 90 valence electrons. The lowest BCUT2D eigenvalue weighted by atomic mass is 10.3. The summed E-state index contributed by atoms with van der Waals surface area (Å²) in [6.45, 7) is 3.49. The van der Waals surface area contributed by atoms with Crippen molar-refractivity contribution in [2.75, 3.05) is 13.2 Å². The van der Waals surface area contributed by atoms with Crippen molar-refractivity contribution in [1.29, 1.82) is 0 Å². The molecule has 3 atom stereocenters. The van der Waals surface area contributed by atoms with Crippen molar-refractivity contribution >= 4 is 28.5 Å². The highest BCUT2D eigenvalue weighted by molar-refractivity contribution is 14.1. The van der Waals surface area contributed by atoms with E-state index in [-0.39, 0.29) is 5.91 Å². The van der Waals surface area contributed by atoms with Crippen LogP contribution in [0.2, 0.25) is 0 Å². The maximum Gasteiger partial charge on any atom is 0.270 e. The molecular weight excluding hydrogens is 331 g/mol. The molecule has 1 N–H and O–H groups in total. The standard InChI is InChI=1S/C12H13IN2O2/c1-6-9(13)2-3-10(14-6)12(16)15-11-7-4-17-5-8(7)11/h2-3,7-8,11H,4-5H2,1H3,(H,15,16)/t7-,8+,11-. The maximum atomic E-state index is 12.0. The SMILES string of the molecule is Cc1nc(C(=O)N[C@@H]2[C@@H]3COC[C@@H]32)ccc1I. The van der Waals surface area contributed by atoms with Crippen molar-refractivity contribution in [2.45, 2.75) is 13.0 Å². The summed E-state index contributed by atoms with van der Waals surface area (Å²) >= 11 is 2.21. The largest absolute Gasteiger partial charge is 0.381 e. The number of nitrogens with one attached hydrogen (secondary N) is 1. The number of amides is 1. The first-order valence-corrected chi connectivity index (χ1v) is 6.76. The maximum absolute atomic E-state index is 12.0. The Bertz CT molecular complexity index is 468. The van der Waals surface area contributed by atoms with Crippen LogP contribution in [0.15, 0.2) is 12.1 Å². The zero-order valence-electron chi connectivity index (χ0n) is 9.44. The lowest BCUT2D eigenvalue weighted by Crippen LogP contribution is -2.30. The summed E-state index contributed by atoms with van der Waals surface area (Å²) < 4.78 is 6.37. The van der Waals surface area contributed by atoms with E-state index in [1.807, 2.05) is 13.0 Å². The van der Waals surface area contributed by atoms with Crippen LogP contribution in [0, 0.1) is 22.3 Å². The van der Waals surface area contributed by atoms with Gasteiger partial charge in [0.05, 0.1) is 18.9 Å². The first kappa shape index (κ1) is 11.4. The lowest BCUT2D eigenvalue weighted by molar-refractivity contribution is 0.0923. The molecule has 2 aliphatic rings. The summed E-state index contributed by atoms with van der Waals surface area (Å²) in [4.78, 5) is 16.3. The highest BCUT2D eigenvalue weighted by Crippen LogP contribution is 2.44. The van der Waals surface area contributed by atoms with Crippen molar-refractivity contribution in [2.24, 2.45) is 11.8 Å². The molecule has 1 aliphatic heterocycles. The molecule has 1 saturated heterocycles. The number of hydrogen-bond donors (Lipinski definition) is 1. The quantitative estimate of drug-likeness (QED) is 0.825. The molecule has 1 saturated carbocycles. The number of carbonyl (C=O) groups excluding carboxylic acids is 1. The van der Waals surface area contributed by atoms with Crippen LogP contribution in [0.25, 0.3) is 0 Å². The van der Waals surface area contributed by atoms with Gasteiger partial charge in [-0.3, -0.25) is 4.79 Å². The number of hydrogen-bond acceptors (Lipinski definition) is 3. The summed E-state index contributed by atoms with van der Waals surface area (Å²) in [6.07, 6.45) is 0. The number of halogens is 1. The average Bonchev–Trinajstić information content (AvgIpc) is 2.76. The minimum atomic E-state index is -0.0658. The number of aromatic nitrogens is 1. The molecule has 17 heavy (non-hydrogen) atoms. The fraction of sp³-hybridized carbons (Fsp3) is 0.500. The highest BCUT2D eigenvalue weighted by atomic mass is 127. The van der Waals surface area contributed by atoms with Gasteiger partial charge in [0.25, 0.3) is 5.91 Å². The van der Waals surface area contributed by atoms with Gasteiger partial charge in [0.15, 0.2) is 0 Å². The van der Waals surface area contributed by atoms with Gasteiger partial charge in [0.1, 0.15) is 5.69 Å². The molecule has 0 spiro atoms. The molecular formula is C12H13IN2O2. The number of ether oxygens (including phenoxy) is 1. The number of rotatable bonds is 2. The summed E-state index contributed by atoms with van der Waals surface area (Å²) in [6, 6.07) is 4.01. The molecule has 1 aromatic heterocycles. The molecule has 4 nitrogen and oxygen atoms in total. The second-order valence-electron chi connectivity index (χ2n) is 4.63. The van der Waals surface area contributed by atoms with Crippen molar-refractivity contribution in [3.05, 3.63) is 27.1 Å². The van der Waals surface area contributed by atoms with E-state index in [0.717, 1.165) is 22.5 Å². The summed E-state index contributed by atoms with van der Waals surface area (Å²) in [5, 5.41) is 3.03. The summed E-state index contributed by atoms with van der Waals surface area (Å²) in [5.74, 6) is 0.997. The Morgan fingerprint density at radius 1 is 1.47 bits per heavy atom. The lowest BCUT2D eigenvalue weighted by Gasteiger charge is -2.07. The van der Waals surface area contributed by atoms with Crippen LogP contribution in [0.3, 0.4) is 0 Å². The predicted molar refractivity (Wildman–Crippen MR) is 70.7 cm³/mol. The Morgan fingerprint density at radius 3 is 2.82 bits per heavy atom. The van der Waals surface area contributed by atoms with Gasteiger partial charge in [-0.1, -0.05) is 0 Å². The Balaban J connectivity index is 1.68. The third-order valence-corrected chi connectivity index (χ3v) is 4.64. The molecule has 1 aliphatic carbocycles. The van der Waals surface area contributed by atoms with E-state index in [9.17, 15) is 4.79 Å². The predicted octanol–water partition coefficient (Wildman–Crippen LogP) is 1.37. The first-order valence-electron chi connectivity index (χ1n) is 5.68. The minimum Gasteiger partial charge on any atom is -0.381 e. The van der Waals surface area contributed by atoms with Crippen LogP contribution < -0.4 is 5.32 Å². The van der Waals surface area contributed by atoms with Crippen molar-refractivity contribution in [3.8, 4) is 0 Å². The van der Waals surface area contributed by atoms with Crippen LogP contribution in [0.5, 0.6) is 0 Å². The normalized spacial score (nSPS) is 29.9. The van der Waals surface area contributed by atoms with Crippen LogP contribution >= 0.6 is 22.6 Å². The molecule has 2 fully saturated rings. The third kappa shape index (κ3) is 2.06.